The Balaban J connectivity index is 1.55. The number of fused-ring (bicyclic) bond motifs is 1. The van der Waals surface area contributed by atoms with Crippen LogP contribution in [0, 0.1) is 11.8 Å². The molecule has 2 atom stereocenters. The van der Waals surface area contributed by atoms with Crippen molar-refractivity contribution in [2.75, 3.05) is 6.54 Å². The lowest BCUT2D eigenvalue weighted by atomic mass is 9.85. The fraction of sp³-hybridized carbons (Fsp3) is 0.636. The van der Waals surface area contributed by atoms with Gasteiger partial charge in [-0.25, -0.2) is 0 Å². The van der Waals surface area contributed by atoms with Gasteiger partial charge in [-0.1, -0.05) is 45.2 Å². The van der Waals surface area contributed by atoms with E-state index in [0.717, 1.165) is 19.3 Å². The number of benzene rings is 1. The van der Waals surface area contributed by atoms with Gasteiger partial charge in [-0.3, -0.25) is 14.5 Å². The Hall–Kier alpha value is -1.46. The summed E-state index contributed by atoms with van der Waals surface area (Å²) >= 11 is 0. The molecule has 0 spiro atoms. The number of carbonyl (C=O) groups excluding carboxylic acids is 2. The molecule has 1 aromatic carbocycles. The Labute approximate surface area is 164 Å². The fourth-order valence-corrected chi connectivity index (χ4v) is 5.38. The van der Waals surface area contributed by atoms with E-state index in [1.54, 1.807) is 12.1 Å². The second-order valence-electron chi connectivity index (χ2n) is 9.55. The van der Waals surface area contributed by atoms with E-state index < -0.39 is 8.32 Å². The van der Waals surface area contributed by atoms with Crippen molar-refractivity contribution in [1.29, 1.82) is 0 Å². The van der Waals surface area contributed by atoms with Gasteiger partial charge in [-0.15, -0.1) is 0 Å². The van der Waals surface area contributed by atoms with Gasteiger partial charge < -0.3 is 4.80 Å². The van der Waals surface area contributed by atoms with Crippen molar-refractivity contribution >= 4 is 20.1 Å². The standard InChI is InChI=1S/C22H33NO3Si/c1-22(2,27(3,4)26)15-17-10-7-9-16(17)11-8-14-23-20(24)18-12-5-6-13-19(18)21(23)25/h5-6,12-13,16-17,26H,7-11,14-15H2,1-4H3/t16-,17+/m0/s1. The second kappa shape index (κ2) is 7.51. The van der Waals surface area contributed by atoms with Crippen LogP contribution < -0.4 is 0 Å². The largest absolute Gasteiger partial charge is 0.432 e. The summed E-state index contributed by atoms with van der Waals surface area (Å²) in [5.74, 6) is 1.01. The third kappa shape index (κ3) is 4.04. The normalized spacial score (nSPS) is 23.2. The quantitative estimate of drug-likeness (QED) is 0.537. The molecule has 1 aliphatic carbocycles. The van der Waals surface area contributed by atoms with Crippen LogP contribution >= 0.6 is 0 Å². The molecule has 5 heteroatoms. The average Bonchev–Trinajstić information content (AvgIpc) is 3.12. The first kappa shape index (κ1) is 20.3. The molecule has 1 aliphatic heterocycles. The summed E-state index contributed by atoms with van der Waals surface area (Å²) in [6, 6.07) is 7.10. The van der Waals surface area contributed by atoms with Crippen LogP contribution in [0.5, 0.6) is 0 Å². The third-order valence-corrected chi connectivity index (χ3v) is 10.6. The van der Waals surface area contributed by atoms with Gasteiger partial charge in [0.25, 0.3) is 11.8 Å². The molecule has 0 saturated heterocycles. The first-order valence-corrected chi connectivity index (χ1v) is 13.2. The minimum absolute atomic E-state index is 0.0167. The highest BCUT2D eigenvalue weighted by molar-refractivity contribution is 6.72. The summed E-state index contributed by atoms with van der Waals surface area (Å²) in [5, 5.41) is 0.0167. The van der Waals surface area contributed by atoms with E-state index in [1.165, 1.54) is 24.2 Å². The Bertz CT molecular complexity index is 688. The summed E-state index contributed by atoms with van der Waals surface area (Å²) in [4.78, 5) is 37.0. The summed E-state index contributed by atoms with van der Waals surface area (Å²) in [7, 11) is -2.19. The Morgan fingerprint density at radius 1 is 1.07 bits per heavy atom. The molecule has 2 aliphatic rings. The van der Waals surface area contributed by atoms with Crippen LogP contribution in [0.3, 0.4) is 0 Å². The topological polar surface area (TPSA) is 57.6 Å². The van der Waals surface area contributed by atoms with Crippen LogP contribution in [0.1, 0.15) is 73.1 Å². The molecule has 1 N–H and O–H groups in total. The third-order valence-electron chi connectivity index (χ3n) is 7.08. The zero-order chi connectivity index (χ0) is 19.8. The molecule has 0 unspecified atom stereocenters. The van der Waals surface area contributed by atoms with Gasteiger partial charge in [0.1, 0.15) is 0 Å². The van der Waals surface area contributed by atoms with Crippen LogP contribution in [0.4, 0.5) is 0 Å². The van der Waals surface area contributed by atoms with Gasteiger partial charge in [0.2, 0.25) is 0 Å². The lowest BCUT2D eigenvalue weighted by Gasteiger charge is -2.38. The van der Waals surface area contributed by atoms with Crippen LogP contribution in [0.2, 0.25) is 18.1 Å². The zero-order valence-corrected chi connectivity index (χ0v) is 18.1. The number of amides is 2. The van der Waals surface area contributed by atoms with Crippen molar-refractivity contribution in [3.63, 3.8) is 0 Å². The number of nitrogens with zero attached hydrogens (tertiary/aromatic N) is 1. The van der Waals surface area contributed by atoms with Gasteiger partial charge >= 0.3 is 0 Å². The fourth-order valence-electron chi connectivity index (χ4n) is 4.62. The van der Waals surface area contributed by atoms with Crippen molar-refractivity contribution < 1.29 is 14.4 Å². The molecule has 1 heterocycles. The van der Waals surface area contributed by atoms with Gasteiger partial charge in [-0.05, 0) is 61.4 Å². The predicted molar refractivity (Wildman–Crippen MR) is 110 cm³/mol. The zero-order valence-electron chi connectivity index (χ0n) is 17.1. The van der Waals surface area contributed by atoms with Crippen LogP contribution in [0.25, 0.3) is 0 Å². The lowest BCUT2D eigenvalue weighted by Crippen LogP contribution is -2.40. The number of imide groups is 1. The monoisotopic (exact) mass is 387 g/mol. The van der Waals surface area contributed by atoms with Gasteiger partial charge in [0.05, 0.1) is 11.1 Å². The Morgan fingerprint density at radius 3 is 2.19 bits per heavy atom. The Morgan fingerprint density at radius 2 is 1.63 bits per heavy atom. The molecule has 3 rings (SSSR count). The van der Waals surface area contributed by atoms with E-state index in [4.69, 9.17) is 0 Å². The van der Waals surface area contributed by atoms with Crippen LogP contribution in [0.15, 0.2) is 24.3 Å². The molecule has 27 heavy (non-hydrogen) atoms. The Kier molecular flexibility index (Phi) is 5.64. The highest BCUT2D eigenvalue weighted by Crippen LogP contribution is 2.48. The summed E-state index contributed by atoms with van der Waals surface area (Å²) < 4.78 is 0. The summed E-state index contributed by atoms with van der Waals surface area (Å²) in [6.45, 7) is 9.03. The molecule has 2 amide bonds. The molecular weight excluding hydrogens is 354 g/mol. The highest BCUT2D eigenvalue weighted by atomic mass is 28.4. The summed E-state index contributed by atoms with van der Waals surface area (Å²) in [5.41, 5.74) is 1.08. The van der Waals surface area contributed by atoms with Crippen molar-refractivity contribution in [2.24, 2.45) is 11.8 Å². The molecule has 148 valence electrons. The van der Waals surface area contributed by atoms with E-state index >= 15 is 0 Å². The van der Waals surface area contributed by atoms with E-state index in [0.29, 0.717) is 29.5 Å². The smallest absolute Gasteiger partial charge is 0.261 e. The highest BCUT2D eigenvalue weighted by Gasteiger charge is 2.42. The van der Waals surface area contributed by atoms with Crippen LogP contribution in [-0.2, 0) is 0 Å². The van der Waals surface area contributed by atoms with Gasteiger partial charge in [0.15, 0.2) is 8.32 Å². The maximum absolute atomic E-state index is 12.5. The minimum atomic E-state index is -2.19. The molecule has 0 radical (unpaired) electrons. The predicted octanol–water partition coefficient (Wildman–Crippen LogP) is 4.85. The van der Waals surface area contributed by atoms with E-state index in [2.05, 4.69) is 13.8 Å². The number of carbonyl (C=O) groups is 2. The molecule has 1 fully saturated rings. The van der Waals surface area contributed by atoms with Crippen LogP contribution in [-0.4, -0.2) is 36.4 Å². The minimum Gasteiger partial charge on any atom is -0.432 e. The number of hydrogen-bond donors (Lipinski definition) is 1. The maximum atomic E-state index is 12.5. The second-order valence-corrected chi connectivity index (χ2v) is 14.0. The van der Waals surface area contributed by atoms with E-state index in [-0.39, 0.29) is 16.9 Å². The number of hydrogen-bond acceptors (Lipinski definition) is 3. The van der Waals surface area contributed by atoms with Crippen molar-refractivity contribution in [2.45, 2.75) is 70.5 Å². The summed E-state index contributed by atoms with van der Waals surface area (Å²) in [6.07, 6.45) is 6.74. The number of rotatable bonds is 7. The van der Waals surface area contributed by atoms with Crippen molar-refractivity contribution in [1.82, 2.24) is 4.90 Å². The molecule has 1 saturated carbocycles. The van der Waals surface area contributed by atoms with Crippen molar-refractivity contribution in [3.8, 4) is 0 Å². The first-order chi connectivity index (χ1) is 12.6. The molecular formula is C22H33NO3Si. The average molecular weight is 388 g/mol. The molecule has 4 nitrogen and oxygen atoms in total. The maximum Gasteiger partial charge on any atom is 0.261 e. The van der Waals surface area contributed by atoms with Gasteiger partial charge in [0, 0.05) is 6.54 Å². The SMILES string of the molecule is CC(C)(C[C@H]1CCC[C@H]1CCCN1C(=O)c2ccccc2C1=O)[Si](C)(C)O. The van der Waals surface area contributed by atoms with Gasteiger partial charge in [-0.2, -0.15) is 0 Å². The molecule has 0 aromatic heterocycles. The molecule has 0 bridgehead atoms. The van der Waals surface area contributed by atoms with E-state index in [9.17, 15) is 14.4 Å². The molecule has 1 aromatic rings. The van der Waals surface area contributed by atoms with Crippen molar-refractivity contribution in [3.05, 3.63) is 35.4 Å². The van der Waals surface area contributed by atoms with E-state index in [1.807, 2.05) is 25.2 Å². The lowest BCUT2D eigenvalue weighted by molar-refractivity contribution is 0.0648. The first-order valence-electron chi connectivity index (χ1n) is 10.3.